The smallest absolute Gasteiger partial charge is 0.0818 e. The molecule has 1 atom stereocenters. The van der Waals surface area contributed by atoms with Crippen molar-refractivity contribution in [1.82, 2.24) is 0 Å². The molecule has 11 aromatic rings. The van der Waals surface area contributed by atoms with Crippen LogP contribution in [0.25, 0.3) is 22.3 Å². The van der Waals surface area contributed by atoms with E-state index in [1.165, 1.54) is 44.5 Å². The molecule has 0 spiro atoms. The lowest BCUT2D eigenvalue weighted by Crippen LogP contribution is -2.39. The maximum absolute atomic E-state index is 4.82. The van der Waals surface area contributed by atoms with E-state index in [0.717, 1.165) is 96.4 Å². The number of aryl methyl sites for hydroxylation is 4. The molecule has 0 saturated carbocycles. The van der Waals surface area contributed by atoms with Gasteiger partial charge in [-0.1, -0.05) is 183 Å². The van der Waals surface area contributed by atoms with Crippen molar-refractivity contribution >= 4 is 62.6 Å². The Labute approximate surface area is 525 Å². The van der Waals surface area contributed by atoms with Gasteiger partial charge >= 0.3 is 0 Å². The highest BCUT2D eigenvalue weighted by Gasteiger charge is 2.39. The molecule has 0 bridgehead atoms. The lowest BCUT2D eigenvalue weighted by Gasteiger charge is -2.41. The van der Waals surface area contributed by atoms with E-state index in [1.807, 2.05) is 0 Å². The summed E-state index contributed by atoms with van der Waals surface area (Å²) in [5.74, 6) is 0. The Morgan fingerprint density at radius 2 is 0.764 bits per heavy atom. The zero-order chi connectivity index (χ0) is 60.8. The number of rotatable bonds is 14. The van der Waals surface area contributed by atoms with Gasteiger partial charge in [0.05, 0.1) is 11.7 Å². The van der Waals surface area contributed by atoms with Gasteiger partial charge in [-0.25, -0.2) is 0 Å². The zero-order valence-electron chi connectivity index (χ0n) is 51.4. The molecule has 5 nitrogen and oxygen atoms in total. The number of fused-ring (bicyclic) bond motifs is 4. The minimum atomic E-state index is -0.335. The summed E-state index contributed by atoms with van der Waals surface area (Å²) in [6.07, 6.45) is 11.5. The van der Waals surface area contributed by atoms with E-state index in [0.29, 0.717) is 0 Å². The van der Waals surface area contributed by atoms with Crippen molar-refractivity contribution < 1.29 is 0 Å². The van der Waals surface area contributed by atoms with Gasteiger partial charge in [0.2, 0.25) is 0 Å². The summed E-state index contributed by atoms with van der Waals surface area (Å²) in [6, 6.07) is 99.4. The third-order valence-electron chi connectivity index (χ3n) is 17.8. The minimum Gasteiger partial charge on any atom is -0.331 e. The largest absolute Gasteiger partial charge is 0.331 e. The molecule has 432 valence electrons. The maximum atomic E-state index is 4.82. The van der Waals surface area contributed by atoms with Crippen molar-refractivity contribution in [3.05, 3.63) is 366 Å². The van der Waals surface area contributed by atoms with Crippen LogP contribution in [0.2, 0.25) is 0 Å². The number of para-hydroxylation sites is 3. The van der Waals surface area contributed by atoms with Crippen LogP contribution >= 0.6 is 0 Å². The van der Waals surface area contributed by atoms with Crippen LogP contribution in [0.1, 0.15) is 47.2 Å². The van der Waals surface area contributed by atoms with E-state index in [9.17, 15) is 0 Å². The average Bonchev–Trinajstić information content (AvgIpc) is 1.67. The number of benzene rings is 11. The highest BCUT2D eigenvalue weighted by molar-refractivity contribution is 5.89. The molecule has 0 radical (unpaired) electrons. The predicted octanol–water partition coefficient (Wildman–Crippen LogP) is 22.5. The summed E-state index contributed by atoms with van der Waals surface area (Å²) in [6.45, 7) is 18.2. The second kappa shape index (κ2) is 23.4. The van der Waals surface area contributed by atoms with E-state index in [-0.39, 0.29) is 11.5 Å². The number of nitrogens with zero attached hydrogens (tertiary/aromatic N) is 5. The molecule has 1 heterocycles. The Morgan fingerprint density at radius 1 is 0.371 bits per heavy atom. The lowest BCUT2D eigenvalue weighted by atomic mass is 9.82. The monoisotopic (exact) mass is 1150 g/mol. The Kier molecular flexibility index (Phi) is 14.7. The first-order valence-electron chi connectivity index (χ1n) is 30.9. The molecule has 0 aromatic heterocycles. The zero-order valence-corrected chi connectivity index (χ0v) is 51.4. The van der Waals surface area contributed by atoms with E-state index < -0.39 is 0 Å². The van der Waals surface area contributed by atoms with Crippen molar-refractivity contribution in [2.45, 2.75) is 53.0 Å². The number of hydrogen-bond acceptors (Lipinski definition) is 5. The van der Waals surface area contributed by atoms with Gasteiger partial charge in [-0.15, -0.1) is 0 Å². The third kappa shape index (κ3) is 10.8. The van der Waals surface area contributed by atoms with E-state index in [4.69, 9.17) is 6.58 Å². The van der Waals surface area contributed by atoms with E-state index in [1.54, 1.807) is 0 Å². The quantitative estimate of drug-likeness (QED) is 0.108. The number of anilines is 11. The van der Waals surface area contributed by atoms with Crippen LogP contribution in [0, 0.1) is 27.7 Å². The molecule has 0 N–H and O–H groups in total. The fraction of sp³-hybridized carbons (Fsp3) is 0.0952. The Hall–Kier alpha value is -10.9. The Morgan fingerprint density at radius 3 is 1.26 bits per heavy atom. The number of allylic oxidation sites excluding steroid dienone is 4. The second-order valence-electron chi connectivity index (χ2n) is 24.3. The minimum absolute atomic E-state index is 0.288. The van der Waals surface area contributed by atoms with Crippen LogP contribution in [0.3, 0.4) is 0 Å². The van der Waals surface area contributed by atoms with Gasteiger partial charge in [0.25, 0.3) is 0 Å². The molecular weight excluding hydrogens is 1080 g/mol. The van der Waals surface area contributed by atoms with Crippen molar-refractivity contribution in [1.29, 1.82) is 0 Å². The van der Waals surface area contributed by atoms with Gasteiger partial charge in [-0.2, -0.15) is 0 Å². The van der Waals surface area contributed by atoms with Gasteiger partial charge in [0.15, 0.2) is 0 Å². The van der Waals surface area contributed by atoms with Gasteiger partial charge in [-0.3, -0.25) is 0 Å². The molecule has 14 rings (SSSR count). The molecule has 1 aliphatic heterocycles. The van der Waals surface area contributed by atoms with Crippen LogP contribution in [-0.2, 0) is 5.41 Å². The van der Waals surface area contributed by atoms with Crippen molar-refractivity contribution in [2.75, 3.05) is 24.5 Å². The first kappa shape index (κ1) is 56.0. The second-order valence-corrected chi connectivity index (χ2v) is 24.3. The van der Waals surface area contributed by atoms with Crippen molar-refractivity contribution in [3.63, 3.8) is 0 Å². The molecular formula is C84H71N5. The fourth-order valence-electron chi connectivity index (χ4n) is 13.3. The third-order valence-corrected chi connectivity index (χ3v) is 17.8. The molecule has 5 heteroatoms. The van der Waals surface area contributed by atoms with Crippen LogP contribution in [0.15, 0.2) is 333 Å². The van der Waals surface area contributed by atoms with Crippen molar-refractivity contribution in [2.24, 2.45) is 0 Å². The summed E-state index contributed by atoms with van der Waals surface area (Å²) in [5, 5.41) is 0. The topological polar surface area (TPSA) is 16.2 Å². The predicted molar refractivity (Wildman–Crippen MR) is 377 cm³/mol. The first-order chi connectivity index (χ1) is 43.4. The number of hydrogen-bond donors (Lipinski definition) is 0. The molecule has 11 aromatic carbocycles. The molecule has 3 aliphatic rings. The van der Waals surface area contributed by atoms with E-state index >= 15 is 0 Å². The van der Waals surface area contributed by atoms with Gasteiger partial charge < -0.3 is 24.5 Å². The molecule has 0 saturated heterocycles. The van der Waals surface area contributed by atoms with Crippen LogP contribution in [0.4, 0.5) is 62.6 Å². The van der Waals surface area contributed by atoms with Crippen LogP contribution in [-0.4, -0.2) is 6.04 Å². The molecule has 0 fully saturated rings. The fourth-order valence-corrected chi connectivity index (χ4v) is 13.3. The standard InChI is InChI=1S/C84H71N5/c1-58-32-40-69(41-33-58)87(70-42-34-59(2)35-43-70)74-48-50-77-78-51-49-75(55-81(78)84(6,7)80(77)54-74)88(66-25-13-9-14-26-66)76-56-82-79(83(57-76)89(67-27-15-10-16-28-67)73-30-18-21-61(4)53-73)31-19-22-62(5)85(82)68-44-36-63(37-45-68)64-38-46-71(47-39-64)86(65-23-11-8-12-24-65)72-29-17-20-60(3)52-72/h8-57,82H,5H2,1-4,6-7H3. The molecule has 89 heavy (non-hydrogen) atoms. The maximum Gasteiger partial charge on any atom is 0.0818 e. The normalized spacial score (nSPS) is 14.5. The SMILES string of the molecule is C=C1C=CC=C2C(N(c3ccccc3)c3cccc(C)c3)=CC(N(c3ccccc3)c3ccc4c(c3)C(C)(C)c3cc(N(c5ccc(C)cc5)c5ccc(C)cc5)ccc3-4)=CC2N1c1ccc(-c2ccc(N(c3ccccc3)c3cccc(C)c3)cc2)cc1. The van der Waals surface area contributed by atoms with Crippen LogP contribution in [0.5, 0.6) is 0 Å². The van der Waals surface area contributed by atoms with Crippen molar-refractivity contribution in [3.8, 4) is 22.3 Å². The molecule has 1 unspecified atom stereocenters. The summed E-state index contributed by atoms with van der Waals surface area (Å²) in [7, 11) is 0. The summed E-state index contributed by atoms with van der Waals surface area (Å²) >= 11 is 0. The van der Waals surface area contributed by atoms with E-state index in [2.05, 4.69) is 369 Å². The summed E-state index contributed by atoms with van der Waals surface area (Å²) < 4.78 is 0. The Balaban J connectivity index is 0.880. The first-order valence-corrected chi connectivity index (χ1v) is 30.9. The summed E-state index contributed by atoms with van der Waals surface area (Å²) in [4.78, 5) is 12.0. The van der Waals surface area contributed by atoms with Gasteiger partial charge in [0.1, 0.15) is 0 Å². The Bertz CT molecular complexity index is 4510. The van der Waals surface area contributed by atoms with Crippen LogP contribution < -0.4 is 24.5 Å². The molecule has 2 aliphatic carbocycles. The highest BCUT2D eigenvalue weighted by Crippen LogP contribution is 2.53. The lowest BCUT2D eigenvalue weighted by molar-refractivity contribution is 0.660. The average molecular weight is 1150 g/mol. The summed E-state index contributed by atoms with van der Waals surface area (Å²) in [5.41, 5.74) is 28.1. The van der Waals surface area contributed by atoms with Gasteiger partial charge in [0, 0.05) is 84.9 Å². The highest BCUT2D eigenvalue weighted by atomic mass is 15.2. The molecule has 0 amide bonds. The van der Waals surface area contributed by atoms with Gasteiger partial charge in [-0.05, 0) is 224 Å².